The van der Waals surface area contributed by atoms with E-state index in [1.165, 1.54) is 44.3 Å². The first-order valence-electron chi connectivity index (χ1n) is 10.7. The predicted molar refractivity (Wildman–Crippen MR) is 112 cm³/mol. The molecule has 0 radical (unpaired) electrons. The van der Waals surface area contributed by atoms with Crippen LogP contribution >= 0.6 is 0 Å². The number of nitrogens with zero attached hydrogens (tertiary/aromatic N) is 3. The summed E-state index contributed by atoms with van der Waals surface area (Å²) in [6.45, 7) is 11.2. The Morgan fingerprint density at radius 3 is 2.74 bits per heavy atom. The van der Waals surface area contributed by atoms with Crippen LogP contribution in [0.2, 0.25) is 0 Å². The van der Waals surface area contributed by atoms with Gasteiger partial charge < -0.3 is 19.9 Å². The minimum atomic E-state index is 0.597. The van der Waals surface area contributed by atoms with Crippen LogP contribution in [-0.4, -0.2) is 68.2 Å². The number of rotatable bonds is 8. The van der Waals surface area contributed by atoms with Gasteiger partial charge in [-0.2, -0.15) is 0 Å². The fourth-order valence-electron chi connectivity index (χ4n) is 3.98. The van der Waals surface area contributed by atoms with Crippen molar-refractivity contribution in [1.82, 2.24) is 15.1 Å². The summed E-state index contributed by atoms with van der Waals surface area (Å²) in [6, 6.07) is 10.4. The van der Waals surface area contributed by atoms with Crippen LogP contribution in [0, 0.1) is 5.92 Å². The van der Waals surface area contributed by atoms with Crippen LogP contribution < -0.4 is 5.32 Å². The molecule has 5 nitrogen and oxygen atoms in total. The van der Waals surface area contributed by atoms with Crippen molar-refractivity contribution < 1.29 is 4.74 Å². The molecule has 2 heterocycles. The molecule has 2 fully saturated rings. The van der Waals surface area contributed by atoms with E-state index in [9.17, 15) is 0 Å². The third-order valence-corrected chi connectivity index (χ3v) is 5.51. The number of ether oxygens (including phenoxy) is 1. The Morgan fingerprint density at radius 1 is 1.15 bits per heavy atom. The summed E-state index contributed by atoms with van der Waals surface area (Å²) in [5.74, 6) is 1.68. The quantitative estimate of drug-likeness (QED) is 0.563. The van der Waals surface area contributed by atoms with Crippen LogP contribution in [0.1, 0.15) is 38.2 Å². The molecular weight excluding hydrogens is 336 g/mol. The molecule has 3 rings (SSSR count). The van der Waals surface area contributed by atoms with E-state index < -0.39 is 0 Å². The SMILES string of the molecule is CCNC(=NCCN1CCCCC1)N1CCC(COCc2ccccc2)C1. The molecule has 1 aromatic rings. The van der Waals surface area contributed by atoms with Gasteiger partial charge in [0.2, 0.25) is 0 Å². The summed E-state index contributed by atoms with van der Waals surface area (Å²) < 4.78 is 5.96. The molecule has 2 aliphatic rings. The third kappa shape index (κ3) is 6.82. The average Bonchev–Trinajstić information content (AvgIpc) is 3.18. The summed E-state index contributed by atoms with van der Waals surface area (Å²) in [5, 5.41) is 3.48. The third-order valence-electron chi connectivity index (χ3n) is 5.51. The number of benzene rings is 1. The molecule has 0 amide bonds. The first kappa shape index (κ1) is 20.2. The van der Waals surface area contributed by atoms with Gasteiger partial charge in [0.05, 0.1) is 19.8 Å². The molecule has 5 heteroatoms. The van der Waals surface area contributed by atoms with E-state index in [-0.39, 0.29) is 0 Å². The molecule has 0 bridgehead atoms. The van der Waals surface area contributed by atoms with Crippen molar-refractivity contribution in [2.75, 3.05) is 52.4 Å². The van der Waals surface area contributed by atoms with Crippen molar-refractivity contribution in [3.8, 4) is 0 Å². The van der Waals surface area contributed by atoms with E-state index in [0.717, 1.165) is 45.3 Å². The highest BCUT2D eigenvalue weighted by atomic mass is 16.5. The lowest BCUT2D eigenvalue weighted by atomic mass is 10.1. The molecule has 1 aromatic carbocycles. The van der Waals surface area contributed by atoms with Gasteiger partial charge in [-0.05, 0) is 44.8 Å². The van der Waals surface area contributed by atoms with Gasteiger partial charge in [-0.15, -0.1) is 0 Å². The fourth-order valence-corrected chi connectivity index (χ4v) is 3.98. The second-order valence-corrected chi connectivity index (χ2v) is 7.74. The van der Waals surface area contributed by atoms with Gasteiger partial charge in [0.15, 0.2) is 5.96 Å². The van der Waals surface area contributed by atoms with Crippen molar-refractivity contribution in [2.45, 2.75) is 39.2 Å². The molecule has 0 spiro atoms. The van der Waals surface area contributed by atoms with E-state index in [1.807, 2.05) is 6.07 Å². The predicted octanol–water partition coefficient (Wildman–Crippen LogP) is 2.98. The van der Waals surface area contributed by atoms with Gasteiger partial charge in [-0.1, -0.05) is 36.8 Å². The fraction of sp³-hybridized carbons (Fsp3) is 0.682. The standard InChI is InChI=1S/C22H36N4O/c1-2-23-22(24-12-16-25-13-7-4-8-14-25)26-15-11-21(17-26)19-27-18-20-9-5-3-6-10-20/h3,5-6,9-10,21H,2,4,7-8,11-19H2,1H3,(H,23,24). The largest absolute Gasteiger partial charge is 0.376 e. The van der Waals surface area contributed by atoms with E-state index in [4.69, 9.17) is 9.73 Å². The smallest absolute Gasteiger partial charge is 0.193 e. The van der Waals surface area contributed by atoms with Crippen LogP contribution in [0.25, 0.3) is 0 Å². The highest BCUT2D eigenvalue weighted by Gasteiger charge is 2.25. The lowest BCUT2D eigenvalue weighted by Gasteiger charge is -2.26. The summed E-state index contributed by atoms with van der Waals surface area (Å²) in [6.07, 6.45) is 5.27. The Bertz CT molecular complexity index is 557. The number of hydrogen-bond acceptors (Lipinski definition) is 3. The molecule has 1 atom stereocenters. The Hall–Kier alpha value is -1.59. The zero-order valence-corrected chi connectivity index (χ0v) is 16.9. The van der Waals surface area contributed by atoms with Crippen LogP contribution in [0.15, 0.2) is 35.3 Å². The van der Waals surface area contributed by atoms with Gasteiger partial charge in [0.25, 0.3) is 0 Å². The summed E-state index contributed by atoms with van der Waals surface area (Å²) in [4.78, 5) is 9.87. The first-order valence-corrected chi connectivity index (χ1v) is 10.7. The average molecular weight is 373 g/mol. The Kier molecular flexibility index (Phi) is 8.43. The number of aliphatic imine (C=N–C) groups is 1. The van der Waals surface area contributed by atoms with E-state index in [1.54, 1.807) is 0 Å². The zero-order chi connectivity index (χ0) is 18.7. The highest BCUT2D eigenvalue weighted by Crippen LogP contribution is 2.17. The molecule has 1 N–H and O–H groups in total. The van der Waals surface area contributed by atoms with Crippen molar-refractivity contribution in [3.63, 3.8) is 0 Å². The first-order chi connectivity index (χ1) is 13.3. The molecule has 2 saturated heterocycles. The molecule has 1 unspecified atom stereocenters. The monoisotopic (exact) mass is 372 g/mol. The summed E-state index contributed by atoms with van der Waals surface area (Å²) >= 11 is 0. The van der Waals surface area contributed by atoms with E-state index >= 15 is 0 Å². The molecule has 2 aliphatic heterocycles. The summed E-state index contributed by atoms with van der Waals surface area (Å²) in [5.41, 5.74) is 1.25. The Labute approximate surface area is 164 Å². The normalized spacial score (nSPS) is 21.6. The van der Waals surface area contributed by atoms with Gasteiger partial charge in [0, 0.05) is 32.1 Å². The number of likely N-dealkylation sites (tertiary alicyclic amines) is 2. The number of guanidine groups is 1. The molecule has 27 heavy (non-hydrogen) atoms. The van der Waals surface area contributed by atoms with Crippen LogP contribution in [0.4, 0.5) is 0 Å². The number of nitrogens with one attached hydrogen (secondary N) is 1. The Balaban J connectivity index is 1.40. The lowest BCUT2D eigenvalue weighted by Crippen LogP contribution is -2.41. The maximum atomic E-state index is 5.96. The van der Waals surface area contributed by atoms with E-state index in [0.29, 0.717) is 12.5 Å². The maximum Gasteiger partial charge on any atom is 0.193 e. The molecule has 0 aliphatic carbocycles. The Morgan fingerprint density at radius 2 is 1.96 bits per heavy atom. The summed E-state index contributed by atoms with van der Waals surface area (Å²) in [7, 11) is 0. The van der Waals surface area contributed by atoms with Crippen molar-refractivity contribution in [1.29, 1.82) is 0 Å². The minimum Gasteiger partial charge on any atom is -0.376 e. The molecule has 0 saturated carbocycles. The van der Waals surface area contributed by atoms with Crippen LogP contribution in [0.3, 0.4) is 0 Å². The maximum absolute atomic E-state index is 5.96. The van der Waals surface area contributed by atoms with E-state index in [2.05, 4.69) is 46.3 Å². The minimum absolute atomic E-state index is 0.597. The van der Waals surface area contributed by atoms with Gasteiger partial charge in [-0.25, -0.2) is 0 Å². The topological polar surface area (TPSA) is 40.1 Å². The van der Waals surface area contributed by atoms with Crippen molar-refractivity contribution in [3.05, 3.63) is 35.9 Å². The second kappa shape index (κ2) is 11.3. The van der Waals surface area contributed by atoms with Gasteiger partial charge in [-0.3, -0.25) is 4.99 Å². The molecular formula is C22H36N4O. The lowest BCUT2D eigenvalue weighted by molar-refractivity contribution is 0.0906. The highest BCUT2D eigenvalue weighted by molar-refractivity contribution is 5.80. The van der Waals surface area contributed by atoms with Crippen molar-refractivity contribution in [2.24, 2.45) is 10.9 Å². The zero-order valence-electron chi connectivity index (χ0n) is 16.9. The van der Waals surface area contributed by atoms with Crippen LogP contribution in [0.5, 0.6) is 0 Å². The van der Waals surface area contributed by atoms with Crippen molar-refractivity contribution >= 4 is 5.96 Å². The van der Waals surface area contributed by atoms with Gasteiger partial charge >= 0.3 is 0 Å². The second-order valence-electron chi connectivity index (χ2n) is 7.74. The number of hydrogen-bond donors (Lipinski definition) is 1. The number of piperidine rings is 1. The molecule has 0 aromatic heterocycles. The van der Waals surface area contributed by atoms with Gasteiger partial charge in [0.1, 0.15) is 0 Å². The molecule has 150 valence electrons. The van der Waals surface area contributed by atoms with Crippen LogP contribution in [-0.2, 0) is 11.3 Å².